The molecule has 5 nitrogen and oxygen atoms in total. The molecular formula is C18H25NO4. The standard InChI is InChI=1S/C18H25NO4/c1-12-7-5-6-8-13(12)14-9-10-19(11-15(14)16(20)21)17(22)23-18(2,3)4/h5-8,14-15H,9-11H2,1-4H3,(H,20,21)/t14?,15-/m0/s1. The number of carboxylic acids is 1. The number of likely N-dealkylation sites (tertiary alicyclic amines) is 1. The van der Waals surface area contributed by atoms with Crippen LogP contribution >= 0.6 is 0 Å². The summed E-state index contributed by atoms with van der Waals surface area (Å²) in [6, 6.07) is 7.86. The van der Waals surface area contributed by atoms with E-state index in [-0.39, 0.29) is 12.5 Å². The van der Waals surface area contributed by atoms with Gasteiger partial charge in [-0.1, -0.05) is 24.3 Å². The van der Waals surface area contributed by atoms with E-state index in [1.54, 1.807) is 20.8 Å². The van der Waals surface area contributed by atoms with Gasteiger partial charge in [0.15, 0.2) is 0 Å². The zero-order valence-corrected chi connectivity index (χ0v) is 14.2. The van der Waals surface area contributed by atoms with Gasteiger partial charge in [-0.15, -0.1) is 0 Å². The Kier molecular flexibility index (Phi) is 4.97. The number of nitrogens with zero attached hydrogens (tertiary/aromatic N) is 1. The van der Waals surface area contributed by atoms with Gasteiger partial charge in [-0.2, -0.15) is 0 Å². The second-order valence-electron chi connectivity index (χ2n) is 7.12. The summed E-state index contributed by atoms with van der Waals surface area (Å²) in [6.45, 7) is 8.11. The van der Waals surface area contributed by atoms with Gasteiger partial charge in [0.2, 0.25) is 0 Å². The largest absolute Gasteiger partial charge is 0.481 e. The van der Waals surface area contributed by atoms with Gasteiger partial charge < -0.3 is 14.7 Å². The van der Waals surface area contributed by atoms with E-state index in [0.717, 1.165) is 11.1 Å². The molecule has 1 aliphatic rings. The minimum absolute atomic E-state index is 0.0765. The number of carboxylic acid groups (broad SMARTS) is 1. The van der Waals surface area contributed by atoms with Crippen molar-refractivity contribution in [3.8, 4) is 0 Å². The maximum Gasteiger partial charge on any atom is 0.410 e. The maximum atomic E-state index is 12.2. The molecule has 1 saturated heterocycles. The van der Waals surface area contributed by atoms with Crippen molar-refractivity contribution in [1.29, 1.82) is 0 Å². The smallest absolute Gasteiger partial charge is 0.410 e. The highest BCUT2D eigenvalue weighted by Gasteiger charge is 2.38. The van der Waals surface area contributed by atoms with Crippen molar-refractivity contribution in [2.75, 3.05) is 13.1 Å². The minimum Gasteiger partial charge on any atom is -0.481 e. The number of ether oxygens (including phenoxy) is 1. The number of carbonyl (C=O) groups excluding carboxylic acids is 1. The Bertz CT molecular complexity index is 591. The molecule has 5 heteroatoms. The fourth-order valence-electron chi connectivity index (χ4n) is 3.07. The second-order valence-corrected chi connectivity index (χ2v) is 7.12. The first kappa shape index (κ1) is 17.3. The molecular weight excluding hydrogens is 294 g/mol. The van der Waals surface area contributed by atoms with Crippen LogP contribution in [-0.4, -0.2) is 40.8 Å². The van der Waals surface area contributed by atoms with Gasteiger partial charge in [-0.05, 0) is 45.2 Å². The quantitative estimate of drug-likeness (QED) is 0.907. The van der Waals surface area contributed by atoms with Crippen molar-refractivity contribution in [2.24, 2.45) is 5.92 Å². The third-order valence-electron chi connectivity index (χ3n) is 4.17. The van der Waals surface area contributed by atoms with E-state index in [1.165, 1.54) is 4.90 Å². The molecule has 1 aromatic rings. The Balaban J connectivity index is 2.17. The first-order valence-electron chi connectivity index (χ1n) is 7.95. The predicted molar refractivity (Wildman–Crippen MR) is 87.5 cm³/mol. The van der Waals surface area contributed by atoms with Crippen molar-refractivity contribution < 1.29 is 19.4 Å². The van der Waals surface area contributed by atoms with E-state index in [1.807, 2.05) is 31.2 Å². The number of carbonyl (C=O) groups is 2. The van der Waals surface area contributed by atoms with Crippen LogP contribution in [0.5, 0.6) is 0 Å². The van der Waals surface area contributed by atoms with E-state index in [0.29, 0.717) is 13.0 Å². The first-order chi connectivity index (χ1) is 10.7. The van der Waals surface area contributed by atoms with Gasteiger partial charge in [0.05, 0.1) is 5.92 Å². The van der Waals surface area contributed by atoms with Crippen LogP contribution in [-0.2, 0) is 9.53 Å². The highest BCUT2D eigenvalue weighted by atomic mass is 16.6. The van der Waals surface area contributed by atoms with Crippen molar-refractivity contribution in [1.82, 2.24) is 4.90 Å². The molecule has 0 saturated carbocycles. The summed E-state index contributed by atoms with van der Waals surface area (Å²) >= 11 is 0. The van der Waals surface area contributed by atoms with Gasteiger partial charge in [0.25, 0.3) is 0 Å². The topological polar surface area (TPSA) is 66.8 Å². The van der Waals surface area contributed by atoms with Crippen LogP contribution < -0.4 is 0 Å². The first-order valence-corrected chi connectivity index (χ1v) is 7.95. The van der Waals surface area contributed by atoms with E-state index in [9.17, 15) is 14.7 Å². The fraction of sp³-hybridized carbons (Fsp3) is 0.556. The van der Waals surface area contributed by atoms with E-state index in [4.69, 9.17) is 4.74 Å². The van der Waals surface area contributed by atoms with Crippen LogP contribution in [0.2, 0.25) is 0 Å². The third-order valence-corrected chi connectivity index (χ3v) is 4.17. The highest BCUT2D eigenvalue weighted by Crippen LogP contribution is 2.35. The van der Waals surface area contributed by atoms with E-state index < -0.39 is 23.6 Å². The molecule has 1 aliphatic heterocycles. The number of hydrogen-bond acceptors (Lipinski definition) is 3. The van der Waals surface area contributed by atoms with Crippen LogP contribution in [0.15, 0.2) is 24.3 Å². The predicted octanol–water partition coefficient (Wildman–Crippen LogP) is 3.42. The Morgan fingerprint density at radius 2 is 1.91 bits per heavy atom. The minimum atomic E-state index is -0.869. The molecule has 0 spiro atoms. The van der Waals surface area contributed by atoms with Gasteiger partial charge >= 0.3 is 12.1 Å². The van der Waals surface area contributed by atoms with Gasteiger partial charge in [-0.3, -0.25) is 4.79 Å². The second kappa shape index (κ2) is 6.60. The van der Waals surface area contributed by atoms with Crippen molar-refractivity contribution >= 4 is 12.1 Å². The molecule has 126 valence electrons. The number of aliphatic carboxylic acids is 1. The summed E-state index contributed by atoms with van der Waals surface area (Å²) in [4.78, 5) is 25.4. The molecule has 0 aromatic heterocycles. The summed E-state index contributed by atoms with van der Waals surface area (Å²) in [5, 5.41) is 9.61. The molecule has 1 amide bonds. The fourth-order valence-corrected chi connectivity index (χ4v) is 3.07. The van der Waals surface area contributed by atoms with Crippen LogP contribution in [0, 0.1) is 12.8 Å². The van der Waals surface area contributed by atoms with Crippen LogP contribution in [0.4, 0.5) is 4.79 Å². The lowest BCUT2D eigenvalue weighted by Gasteiger charge is -2.37. The Morgan fingerprint density at radius 3 is 2.48 bits per heavy atom. The molecule has 1 N–H and O–H groups in total. The van der Waals surface area contributed by atoms with Crippen LogP contribution in [0.1, 0.15) is 44.2 Å². The average Bonchev–Trinajstić information content (AvgIpc) is 2.45. The number of hydrogen-bond donors (Lipinski definition) is 1. The summed E-state index contributed by atoms with van der Waals surface area (Å²) in [5.74, 6) is -1.56. The molecule has 0 radical (unpaired) electrons. The molecule has 2 rings (SSSR count). The van der Waals surface area contributed by atoms with E-state index >= 15 is 0 Å². The Labute approximate surface area is 137 Å². The van der Waals surface area contributed by atoms with Gasteiger partial charge in [0.1, 0.15) is 5.60 Å². The van der Waals surface area contributed by atoms with Crippen LogP contribution in [0.3, 0.4) is 0 Å². The van der Waals surface area contributed by atoms with E-state index in [2.05, 4.69) is 0 Å². The molecule has 1 aromatic carbocycles. The highest BCUT2D eigenvalue weighted by molar-refractivity contribution is 5.74. The number of benzene rings is 1. The number of aryl methyl sites for hydroxylation is 1. The molecule has 23 heavy (non-hydrogen) atoms. The lowest BCUT2D eigenvalue weighted by molar-refractivity contribution is -0.144. The molecule has 0 bridgehead atoms. The monoisotopic (exact) mass is 319 g/mol. The zero-order valence-electron chi connectivity index (χ0n) is 14.2. The third kappa shape index (κ3) is 4.24. The van der Waals surface area contributed by atoms with Gasteiger partial charge in [0, 0.05) is 19.0 Å². The van der Waals surface area contributed by atoms with Crippen molar-refractivity contribution in [3.63, 3.8) is 0 Å². The molecule has 1 heterocycles. The summed E-state index contributed by atoms with van der Waals surface area (Å²) in [7, 11) is 0. The zero-order chi connectivity index (χ0) is 17.2. The molecule has 1 fully saturated rings. The normalized spacial score (nSPS) is 21.8. The SMILES string of the molecule is Cc1ccccc1C1CCN(C(=O)OC(C)(C)C)C[C@@H]1C(=O)O. The Hall–Kier alpha value is -2.04. The summed E-state index contributed by atoms with van der Waals surface area (Å²) < 4.78 is 5.36. The molecule has 2 atom stereocenters. The number of amides is 1. The lowest BCUT2D eigenvalue weighted by Crippen LogP contribution is -2.47. The van der Waals surface area contributed by atoms with Gasteiger partial charge in [-0.25, -0.2) is 4.79 Å². The van der Waals surface area contributed by atoms with Crippen molar-refractivity contribution in [2.45, 2.75) is 45.6 Å². The number of piperidine rings is 1. The summed E-state index contributed by atoms with van der Waals surface area (Å²) in [6.07, 6.45) is 0.188. The Morgan fingerprint density at radius 1 is 1.26 bits per heavy atom. The molecule has 1 unspecified atom stereocenters. The van der Waals surface area contributed by atoms with Crippen molar-refractivity contribution in [3.05, 3.63) is 35.4 Å². The maximum absolute atomic E-state index is 12.2. The summed E-state index contributed by atoms with van der Waals surface area (Å²) in [5.41, 5.74) is 1.57. The lowest BCUT2D eigenvalue weighted by atomic mass is 9.79. The molecule has 0 aliphatic carbocycles. The number of rotatable bonds is 2. The average molecular weight is 319 g/mol. The van der Waals surface area contributed by atoms with Crippen LogP contribution in [0.25, 0.3) is 0 Å².